The highest BCUT2D eigenvalue weighted by atomic mass is 79.9. The Hall–Kier alpha value is -0.330. The SMILES string of the molecule is CC(C)(CNCc1cc(Br)c(Br)o1)C(N)=O. The molecular weight excluding hydrogens is 340 g/mol. The van der Waals surface area contributed by atoms with Crippen LogP contribution in [-0.4, -0.2) is 12.5 Å². The fraction of sp³-hybridized carbons (Fsp3) is 0.500. The van der Waals surface area contributed by atoms with Crippen molar-refractivity contribution in [2.75, 3.05) is 6.54 Å². The molecule has 0 aliphatic carbocycles. The van der Waals surface area contributed by atoms with Crippen LogP contribution < -0.4 is 11.1 Å². The lowest BCUT2D eigenvalue weighted by Crippen LogP contribution is -2.40. The summed E-state index contributed by atoms with van der Waals surface area (Å²) in [4.78, 5) is 11.1. The van der Waals surface area contributed by atoms with Crippen molar-refractivity contribution in [1.29, 1.82) is 0 Å². The van der Waals surface area contributed by atoms with Crippen LogP contribution in [0.3, 0.4) is 0 Å². The maximum atomic E-state index is 11.1. The summed E-state index contributed by atoms with van der Waals surface area (Å²) in [5, 5.41) is 3.13. The van der Waals surface area contributed by atoms with Gasteiger partial charge in [0.05, 0.1) is 16.4 Å². The molecule has 0 aliphatic rings. The van der Waals surface area contributed by atoms with Gasteiger partial charge in [-0.3, -0.25) is 4.79 Å². The summed E-state index contributed by atoms with van der Waals surface area (Å²) < 4.78 is 6.92. The van der Waals surface area contributed by atoms with E-state index in [-0.39, 0.29) is 5.91 Å². The first kappa shape index (κ1) is 13.7. The molecule has 0 aromatic carbocycles. The third-order valence-corrected chi connectivity index (χ3v) is 3.94. The molecule has 1 heterocycles. The van der Waals surface area contributed by atoms with E-state index in [1.54, 1.807) is 13.8 Å². The highest BCUT2D eigenvalue weighted by molar-refractivity contribution is 9.13. The van der Waals surface area contributed by atoms with Gasteiger partial charge in [0.2, 0.25) is 5.91 Å². The van der Waals surface area contributed by atoms with Crippen LogP contribution in [0.1, 0.15) is 19.6 Å². The fourth-order valence-electron chi connectivity index (χ4n) is 1.06. The summed E-state index contributed by atoms with van der Waals surface area (Å²) in [6, 6.07) is 1.87. The van der Waals surface area contributed by atoms with Crippen molar-refractivity contribution < 1.29 is 9.21 Å². The number of carbonyl (C=O) groups is 1. The van der Waals surface area contributed by atoms with Gasteiger partial charge < -0.3 is 15.5 Å². The monoisotopic (exact) mass is 352 g/mol. The number of nitrogens with one attached hydrogen (secondary N) is 1. The second kappa shape index (κ2) is 5.33. The summed E-state index contributed by atoms with van der Waals surface area (Å²) in [6.07, 6.45) is 0. The van der Waals surface area contributed by atoms with E-state index < -0.39 is 5.41 Å². The fourth-order valence-corrected chi connectivity index (χ4v) is 1.72. The van der Waals surface area contributed by atoms with E-state index in [1.807, 2.05) is 6.07 Å². The van der Waals surface area contributed by atoms with E-state index in [2.05, 4.69) is 37.2 Å². The molecule has 1 rings (SSSR count). The second-order valence-electron chi connectivity index (χ2n) is 4.19. The number of furan rings is 1. The summed E-state index contributed by atoms with van der Waals surface area (Å²) >= 11 is 6.58. The maximum Gasteiger partial charge on any atom is 0.224 e. The lowest BCUT2D eigenvalue weighted by atomic mass is 9.93. The first-order valence-corrected chi connectivity index (χ1v) is 6.36. The van der Waals surface area contributed by atoms with E-state index in [0.717, 1.165) is 10.2 Å². The summed E-state index contributed by atoms with van der Waals surface area (Å²) in [6.45, 7) is 4.67. The molecule has 0 atom stereocenters. The quantitative estimate of drug-likeness (QED) is 0.854. The molecular formula is C10H14Br2N2O2. The Morgan fingerprint density at radius 3 is 2.62 bits per heavy atom. The van der Waals surface area contributed by atoms with Gasteiger partial charge >= 0.3 is 0 Å². The van der Waals surface area contributed by atoms with Crippen LogP contribution in [0.15, 0.2) is 19.6 Å². The molecule has 3 N–H and O–H groups in total. The topological polar surface area (TPSA) is 68.3 Å². The van der Waals surface area contributed by atoms with Gasteiger partial charge in [-0.05, 0) is 51.8 Å². The van der Waals surface area contributed by atoms with Crippen LogP contribution in [-0.2, 0) is 11.3 Å². The van der Waals surface area contributed by atoms with Crippen LogP contribution in [0.4, 0.5) is 0 Å². The average Bonchev–Trinajstić information content (AvgIpc) is 2.45. The lowest BCUT2D eigenvalue weighted by molar-refractivity contribution is -0.125. The molecule has 0 radical (unpaired) electrons. The minimum atomic E-state index is -0.555. The van der Waals surface area contributed by atoms with E-state index in [0.29, 0.717) is 17.8 Å². The Labute approximate surface area is 111 Å². The third-order valence-electron chi connectivity index (χ3n) is 2.23. The Morgan fingerprint density at radius 2 is 2.19 bits per heavy atom. The number of halogens is 2. The van der Waals surface area contributed by atoms with Gasteiger partial charge in [0.1, 0.15) is 5.76 Å². The Bertz CT molecular complexity index is 369. The van der Waals surface area contributed by atoms with Crippen molar-refractivity contribution in [3.8, 4) is 0 Å². The predicted octanol–water partition coefficient (Wildman–Crippen LogP) is 2.41. The highest BCUT2D eigenvalue weighted by Crippen LogP contribution is 2.26. The minimum absolute atomic E-state index is 0.318. The van der Waals surface area contributed by atoms with E-state index in [1.165, 1.54) is 0 Å². The van der Waals surface area contributed by atoms with Crippen molar-refractivity contribution >= 4 is 37.8 Å². The molecule has 1 aromatic rings. The van der Waals surface area contributed by atoms with Crippen LogP contribution in [0.5, 0.6) is 0 Å². The number of amides is 1. The Kier molecular flexibility index (Phi) is 4.58. The number of hydrogen-bond donors (Lipinski definition) is 2. The van der Waals surface area contributed by atoms with Crippen LogP contribution in [0.2, 0.25) is 0 Å². The van der Waals surface area contributed by atoms with Gasteiger partial charge in [0.25, 0.3) is 0 Å². The minimum Gasteiger partial charge on any atom is -0.452 e. The van der Waals surface area contributed by atoms with E-state index in [9.17, 15) is 4.79 Å². The number of nitrogens with two attached hydrogens (primary N) is 1. The van der Waals surface area contributed by atoms with Crippen LogP contribution in [0, 0.1) is 5.41 Å². The Morgan fingerprint density at radius 1 is 1.56 bits per heavy atom. The molecule has 1 aromatic heterocycles. The zero-order valence-electron chi connectivity index (χ0n) is 9.14. The summed E-state index contributed by atoms with van der Waals surface area (Å²) in [5.74, 6) is 0.473. The molecule has 4 nitrogen and oxygen atoms in total. The van der Waals surface area contributed by atoms with Gasteiger partial charge in [-0.1, -0.05) is 0 Å². The van der Waals surface area contributed by atoms with E-state index >= 15 is 0 Å². The van der Waals surface area contributed by atoms with E-state index in [4.69, 9.17) is 10.2 Å². The first-order valence-electron chi connectivity index (χ1n) is 4.77. The van der Waals surface area contributed by atoms with Crippen molar-refractivity contribution in [1.82, 2.24) is 5.32 Å². The molecule has 1 amide bonds. The normalized spacial score (nSPS) is 11.8. The van der Waals surface area contributed by atoms with Gasteiger partial charge in [-0.2, -0.15) is 0 Å². The average molecular weight is 354 g/mol. The molecule has 0 bridgehead atoms. The first-order chi connectivity index (χ1) is 7.33. The molecule has 0 fully saturated rings. The number of primary amides is 1. The van der Waals surface area contributed by atoms with Crippen LogP contribution in [0.25, 0.3) is 0 Å². The summed E-state index contributed by atoms with van der Waals surface area (Å²) in [5.41, 5.74) is 4.71. The van der Waals surface area contributed by atoms with Gasteiger partial charge in [-0.15, -0.1) is 0 Å². The number of carbonyl (C=O) groups excluding carboxylic acids is 1. The van der Waals surface area contributed by atoms with Crippen molar-refractivity contribution in [2.24, 2.45) is 11.1 Å². The molecule has 0 aliphatic heterocycles. The molecule has 0 spiro atoms. The van der Waals surface area contributed by atoms with Gasteiger partial charge in [0.15, 0.2) is 4.67 Å². The Balaban J connectivity index is 2.44. The number of hydrogen-bond acceptors (Lipinski definition) is 3. The molecule has 90 valence electrons. The molecule has 16 heavy (non-hydrogen) atoms. The van der Waals surface area contributed by atoms with Crippen LogP contribution >= 0.6 is 31.9 Å². The van der Waals surface area contributed by atoms with Crippen molar-refractivity contribution in [2.45, 2.75) is 20.4 Å². The zero-order chi connectivity index (χ0) is 12.3. The standard InChI is InChI=1S/C10H14Br2N2O2/c1-10(2,9(13)15)5-14-4-6-3-7(11)8(12)16-6/h3,14H,4-5H2,1-2H3,(H2,13,15). The smallest absolute Gasteiger partial charge is 0.224 e. The molecule has 0 saturated heterocycles. The lowest BCUT2D eigenvalue weighted by Gasteiger charge is -2.20. The zero-order valence-corrected chi connectivity index (χ0v) is 12.3. The van der Waals surface area contributed by atoms with Gasteiger partial charge in [-0.25, -0.2) is 0 Å². The molecule has 0 unspecified atom stereocenters. The largest absolute Gasteiger partial charge is 0.452 e. The molecule has 0 saturated carbocycles. The molecule has 6 heteroatoms. The van der Waals surface area contributed by atoms with Crippen molar-refractivity contribution in [3.63, 3.8) is 0 Å². The second-order valence-corrected chi connectivity index (χ2v) is 5.76. The highest BCUT2D eigenvalue weighted by Gasteiger charge is 2.24. The third kappa shape index (κ3) is 3.61. The summed E-state index contributed by atoms with van der Waals surface area (Å²) in [7, 11) is 0. The van der Waals surface area contributed by atoms with Crippen molar-refractivity contribution in [3.05, 3.63) is 21.0 Å². The maximum absolute atomic E-state index is 11.1. The number of rotatable bonds is 5. The predicted molar refractivity (Wildman–Crippen MR) is 68.8 cm³/mol. The van der Waals surface area contributed by atoms with Gasteiger partial charge in [0, 0.05) is 6.54 Å².